The van der Waals surface area contributed by atoms with Crippen LogP contribution in [0.5, 0.6) is 5.75 Å². The Morgan fingerprint density at radius 1 is 1.08 bits per heavy atom. The van der Waals surface area contributed by atoms with Crippen LogP contribution in [0.2, 0.25) is 10.0 Å². The molecule has 4 nitrogen and oxygen atoms in total. The minimum atomic E-state index is -0.579. The summed E-state index contributed by atoms with van der Waals surface area (Å²) in [5, 5.41) is 1.09. The van der Waals surface area contributed by atoms with Gasteiger partial charge in [0.05, 0.1) is 22.8 Å². The first-order chi connectivity index (χ1) is 11.4. The molecule has 0 spiro atoms. The first-order valence-corrected chi connectivity index (χ1v) is 8.20. The van der Waals surface area contributed by atoms with Crippen molar-refractivity contribution in [2.75, 3.05) is 18.1 Å². The van der Waals surface area contributed by atoms with Gasteiger partial charge in [-0.1, -0.05) is 29.3 Å². The molecule has 0 aromatic heterocycles. The lowest BCUT2D eigenvalue weighted by molar-refractivity contribution is -0.114. The highest BCUT2D eigenvalue weighted by atomic mass is 35.5. The molecule has 1 heterocycles. The highest BCUT2D eigenvalue weighted by Crippen LogP contribution is 2.35. The molecule has 0 radical (unpaired) electrons. The quantitative estimate of drug-likeness (QED) is 0.764. The van der Waals surface area contributed by atoms with Crippen LogP contribution >= 0.6 is 23.2 Å². The smallest absolute Gasteiger partial charge is 0.299 e. The fraction of sp³-hybridized carbons (Fsp3) is 0.222. The number of ketones is 1. The maximum absolute atomic E-state index is 12.2. The Kier molecular flexibility index (Phi) is 4.52. The van der Waals surface area contributed by atoms with E-state index >= 15 is 0 Å². The summed E-state index contributed by atoms with van der Waals surface area (Å²) in [6.45, 7) is 4.29. The second-order valence-corrected chi connectivity index (χ2v) is 6.43. The molecule has 1 amide bonds. The van der Waals surface area contributed by atoms with Gasteiger partial charge in [-0.15, -0.1) is 0 Å². The zero-order valence-corrected chi connectivity index (χ0v) is 14.7. The van der Waals surface area contributed by atoms with E-state index in [9.17, 15) is 9.59 Å². The number of carbonyl (C=O) groups is 2. The number of fused-ring (bicyclic) bond motifs is 1. The van der Waals surface area contributed by atoms with E-state index in [4.69, 9.17) is 27.9 Å². The number of halogens is 2. The molecule has 24 heavy (non-hydrogen) atoms. The Morgan fingerprint density at radius 2 is 1.75 bits per heavy atom. The summed E-state index contributed by atoms with van der Waals surface area (Å²) >= 11 is 12.3. The van der Waals surface area contributed by atoms with Crippen molar-refractivity contribution in [3.8, 4) is 5.75 Å². The van der Waals surface area contributed by atoms with E-state index in [1.165, 1.54) is 4.90 Å². The Labute approximate surface area is 149 Å². The number of para-hydroxylation sites is 1. The number of hydrogen-bond donors (Lipinski definition) is 0. The van der Waals surface area contributed by atoms with Gasteiger partial charge in [0, 0.05) is 5.02 Å². The lowest BCUT2D eigenvalue weighted by Gasteiger charge is -2.18. The minimum absolute atomic E-state index is 0.238. The van der Waals surface area contributed by atoms with E-state index in [-0.39, 0.29) is 13.2 Å². The minimum Gasteiger partial charge on any atom is -0.492 e. The number of aryl methyl sites for hydroxylation is 2. The van der Waals surface area contributed by atoms with Crippen LogP contribution in [0.4, 0.5) is 5.69 Å². The lowest BCUT2D eigenvalue weighted by Crippen LogP contribution is -2.33. The second kappa shape index (κ2) is 6.46. The fourth-order valence-corrected chi connectivity index (χ4v) is 3.16. The van der Waals surface area contributed by atoms with Crippen molar-refractivity contribution in [3.05, 3.63) is 57.1 Å². The Morgan fingerprint density at radius 3 is 2.42 bits per heavy atom. The number of nitrogens with zero attached hydrogens (tertiary/aromatic N) is 1. The first-order valence-electron chi connectivity index (χ1n) is 7.44. The molecule has 2 aromatic rings. The van der Waals surface area contributed by atoms with E-state index in [0.29, 0.717) is 27.0 Å². The normalized spacial score (nSPS) is 13.4. The van der Waals surface area contributed by atoms with Crippen molar-refractivity contribution in [2.45, 2.75) is 13.8 Å². The summed E-state index contributed by atoms with van der Waals surface area (Å²) in [6.07, 6.45) is 0. The molecule has 3 rings (SSSR count). The third-order valence-electron chi connectivity index (χ3n) is 3.93. The summed E-state index contributed by atoms with van der Waals surface area (Å²) in [5.74, 6) is -0.442. The molecule has 0 fully saturated rings. The van der Waals surface area contributed by atoms with Crippen molar-refractivity contribution in [1.29, 1.82) is 0 Å². The molecule has 0 unspecified atom stereocenters. The Bertz CT molecular complexity index is 825. The molecule has 0 N–H and O–H groups in total. The summed E-state index contributed by atoms with van der Waals surface area (Å²) in [5.41, 5.74) is 2.65. The molecule has 6 heteroatoms. The number of carbonyl (C=O) groups excluding carboxylic acids is 2. The van der Waals surface area contributed by atoms with Crippen LogP contribution in [0.1, 0.15) is 21.5 Å². The standard InChI is InChI=1S/C18H15Cl2NO3/c1-10-8-12(9-11(2)15(10)20)24-7-6-21-16-13(17(22)18(21)23)4-3-5-14(16)19/h3-5,8-9H,6-7H2,1-2H3. The first kappa shape index (κ1) is 16.8. The van der Waals surface area contributed by atoms with Gasteiger partial charge in [-0.3, -0.25) is 14.5 Å². The van der Waals surface area contributed by atoms with Gasteiger partial charge in [0.2, 0.25) is 0 Å². The Balaban J connectivity index is 1.74. The third kappa shape index (κ3) is 2.87. The predicted molar refractivity (Wildman–Crippen MR) is 94.6 cm³/mol. The Hall–Kier alpha value is -2.04. The largest absolute Gasteiger partial charge is 0.492 e. The van der Waals surface area contributed by atoms with Gasteiger partial charge in [-0.2, -0.15) is 0 Å². The average Bonchev–Trinajstić information content (AvgIpc) is 2.79. The zero-order chi connectivity index (χ0) is 17.4. The number of ether oxygens (including phenoxy) is 1. The zero-order valence-electron chi connectivity index (χ0n) is 13.2. The maximum atomic E-state index is 12.2. The number of amides is 1. The van der Waals surface area contributed by atoms with Crippen LogP contribution in [0, 0.1) is 13.8 Å². The van der Waals surface area contributed by atoms with E-state index in [0.717, 1.165) is 11.1 Å². The molecule has 0 saturated carbocycles. The average molecular weight is 364 g/mol. The van der Waals surface area contributed by atoms with Crippen LogP contribution < -0.4 is 9.64 Å². The van der Waals surface area contributed by atoms with Crippen LogP contribution in [0.15, 0.2) is 30.3 Å². The number of Topliss-reactive ketones (excluding diaryl/α,β-unsaturated/α-hetero) is 1. The van der Waals surface area contributed by atoms with Crippen LogP contribution in [-0.4, -0.2) is 24.8 Å². The fourth-order valence-electron chi connectivity index (χ4n) is 2.77. The van der Waals surface area contributed by atoms with Gasteiger partial charge in [-0.05, 0) is 49.2 Å². The van der Waals surface area contributed by atoms with Crippen LogP contribution in [0.25, 0.3) is 0 Å². The van der Waals surface area contributed by atoms with Crippen LogP contribution in [-0.2, 0) is 4.79 Å². The molecule has 1 aliphatic heterocycles. The number of hydrogen-bond acceptors (Lipinski definition) is 3. The van der Waals surface area contributed by atoms with Crippen molar-refractivity contribution in [1.82, 2.24) is 0 Å². The number of rotatable bonds is 4. The van der Waals surface area contributed by atoms with Crippen LogP contribution in [0.3, 0.4) is 0 Å². The van der Waals surface area contributed by atoms with E-state index in [1.54, 1.807) is 18.2 Å². The van der Waals surface area contributed by atoms with Crippen molar-refractivity contribution in [3.63, 3.8) is 0 Å². The molecule has 0 bridgehead atoms. The van der Waals surface area contributed by atoms with Gasteiger partial charge >= 0.3 is 0 Å². The molecule has 0 atom stereocenters. The highest BCUT2D eigenvalue weighted by Gasteiger charge is 2.37. The van der Waals surface area contributed by atoms with Gasteiger partial charge in [0.15, 0.2) is 0 Å². The monoisotopic (exact) mass is 363 g/mol. The molecule has 124 valence electrons. The van der Waals surface area contributed by atoms with Crippen molar-refractivity contribution >= 4 is 40.6 Å². The van der Waals surface area contributed by atoms with Gasteiger partial charge in [-0.25, -0.2) is 0 Å². The molecule has 1 aliphatic rings. The summed E-state index contributed by atoms with van der Waals surface area (Å²) in [6, 6.07) is 8.60. The molecular weight excluding hydrogens is 349 g/mol. The second-order valence-electron chi connectivity index (χ2n) is 5.64. The maximum Gasteiger partial charge on any atom is 0.299 e. The van der Waals surface area contributed by atoms with Gasteiger partial charge in [0.25, 0.3) is 11.7 Å². The van der Waals surface area contributed by atoms with E-state index < -0.39 is 11.7 Å². The molecular formula is C18H15Cl2NO3. The summed E-state index contributed by atoms with van der Waals surface area (Å²) in [7, 11) is 0. The number of anilines is 1. The molecule has 2 aromatic carbocycles. The summed E-state index contributed by atoms with van der Waals surface area (Å²) in [4.78, 5) is 25.5. The molecule has 0 saturated heterocycles. The van der Waals surface area contributed by atoms with Crippen molar-refractivity contribution < 1.29 is 14.3 Å². The topological polar surface area (TPSA) is 46.6 Å². The van der Waals surface area contributed by atoms with E-state index in [1.807, 2.05) is 26.0 Å². The third-order valence-corrected chi connectivity index (χ3v) is 4.84. The molecule has 0 aliphatic carbocycles. The highest BCUT2D eigenvalue weighted by molar-refractivity contribution is 6.54. The SMILES string of the molecule is Cc1cc(OCCN2C(=O)C(=O)c3cccc(Cl)c32)cc(C)c1Cl. The summed E-state index contributed by atoms with van der Waals surface area (Å²) < 4.78 is 5.72. The predicted octanol–water partition coefficient (Wildman–Crippen LogP) is 4.22. The number of benzene rings is 2. The van der Waals surface area contributed by atoms with Crippen molar-refractivity contribution in [2.24, 2.45) is 0 Å². The van der Waals surface area contributed by atoms with E-state index in [2.05, 4.69) is 0 Å². The van der Waals surface area contributed by atoms with Gasteiger partial charge < -0.3 is 4.74 Å². The lowest BCUT2D eigenvalue weighted by atomic mass is 10.1. The van der Waals surface area contributed by atoms with Gasteiger partial charge in [0.1, 0.15) is 12.4 Å².